The minimum absolute atomic E-state index is 0. The van der Waals surface area contributed by atoms with Crippen LogP contribution in [0.5, 0.6) is 0 Å². The molecule has 3 rings (SSSR count). The second kappa shape index (κ2) is 7.61. The highest BCUT2D eigenvalue weighted by Crippen LogP contribution is 2.33. The summed E-state index contributed by atoms with van der Waals surface area (Å²) in [5.74, 6) is -0.0604. The largest absolute Gasteiger partial charge is 0.326 e. The van der Waals surface area contributed by atoms with E-state index in [1.165, 1.54) is 6.92 Å². The lowest BCUT2D eigenvalue weighted by Crippen LogP contribution is -2.51. The monoisotopic (exact) mass is 387 g/mol. The Balaban J connectivity index is 0.00000225. The number of amides is 1. The van der Waals surface area contributed by atoms with Gasteiger partial charge in [0, 0.05) is 37.8 Å². The van der Waals surface area contributed by atoms with Crippen LogP contribution in [0.15, 0.2) is 23.1 Å². The predicted molar refractivity (Wildman–Crippen MR) is 101 cm³/mol. The molecule has 25 heavy (non-hydrogen) atoms. The Labute approximate surface area is 155 Å². The van der Waals surface area contributed by atoms with Crippen molar-refractivity contribution in [3.63, 3.8) is 0 Å². The maximum atomic E-state index is 13.1. The number of hydrogen-bond donors (Lipinski definition) is 1. The van der Waals surface area contributed by atoms with Gasteiger partial charge in [0.15, 0.2) is 0 Å². The summed E-state index contributed by atoms with van der Waals surface area (Å²) < 4.78 is 27.8. The minimum atomic E-state index is -3.61. The summed E-state index contributed by atoms with van der Waals surface area (Å²) in [6.07, 6.45) is 3.41. The molecule has 2 unspecified atom stereocenters. The van der Waals surface area contributed by atoms with Crippen molar-refractivity contribution in [1.82, 2.24) is 4.31 Å². The molecule has 2 aliphatic rings. The number of piperidine rings is 1. The van der Waals surface area contributed by atoms with Gasteiger partial charge in [-0.25, -0.2) is 8.42 Å². The number of sulfonamides is 1. The molecule has 2 N–H and O–H groups in total. The molecule has 1 saturated heterocycles. The van der Waals surface area contributed by atoms with E-state index in [4.69, 9.17) is 5.73 Å². The standard InChI is InChI=1S/C17H25N3O3S.ClH/c1-12(18)16-5-3-4-9-20(16)24(22,23)15-7-6-14-8-10-19(13(2)21)17(14)11-15;/h6-7,11-12,16H,3-5,8-10,18H2,1-2H3;1H. The van der Waals surface area contributed by atoms with E-state index in [0.29, 0.717) is 13.1 Å². The zero-order valence-corrected chi connectivity index (χ0v) is 16.3. The first-order chi connectivity index (χ1) is 11.3. The van der Waals surface area contributed by atoms with Gasteiger partial charge < -0.3 is 10.6 Å². The first-order valence-electron chi connectivity index (χ1n) is 8.51. The molecule has 1 aromatic rings. The summed E-state index contributed by atoms with van der Waals surface area (Å²) >= 11 is 0. The van der Waals surface area contributed by atoms with Crippen molar-refractivity contribution < 1.29 is 13.2 Å². The molecule has 0 spiro atoms. The maximum Gasteiger partial charge on any atom is 0.243 e. The van der Waals surface area contributed by atoms with Crippen LogP contribution in [0, 0.1) is 0 Å². The highest BCUT2D eigenvalue weighted by Gasteiger charge is 2.36. The van der Waals surface area contributed by atoms with Crippen molar-refractivity contribution in [3.8, 4) is 0 Å². The molecule has 0 saturated carbocycles. The van der Waals surface area contributed by atoms with Crippen LogP contribution in [-0.2, 0) is 21.2 Å². The van der Waals surface area contributed by atoms with Gasteiger partial charge >= 0.3 is 0 Å². The zero-order valence-electron chi connectivity index (χ0n) is 14.6. The summed E-state index contributed by atoms with van der Waals surface area (Å²) in [5.41, 5.74) is 7.77. The van der Waals surface area contributed by atoms with Crippen molar-refractivity contribution in [2.24, 2.45) is 5.73 Å². The molecule has 0 aromatic heterocycles. The van der Waals surface area contributed by atoms with Crippen molar-refractivity contribution in [1.29, 1.82) is 0 Å². The van der Waals surface area contributed by atoms with Crippen LogP contribution in [0.3, 0.4) is 0 Å². The maximum absolute atomic E-state index is 13.1. The number of rotatable bonds is 3. The van der Waals surface area contributed by atoms with E-state index in [-0.39, 0.29) is 35.3 Å². The molecule has 0 bridgehead atoms. The Morgan fingerprint density at radius 1 is 1.28 bits per heavy atom. The fourth-order valence-corrected chi connectivity index (χ4v) is 5.53. The van der Waals surface area contributed by atoms with Gasteiger partial charge in [-0.15, -0.1) is 12.4 Å². The SMILES string of the molecule is CC(=O)N1CCc2ccc(S(=O)(=O)N3CCCCC3C(C)N)cc21.Cl. The zero-order chi connectivity index (χ0) is 17.5. The second-order valence-electron chi connectivity index (χ2n) is 6.75. The van der Waals surface area contributed by atoms with E-state index in [1.807, 2.05) is 13.0 Å². The molecule has 2 atom stereocenters. The third-order valence-corrected chi connectivity index (χ3v) is 6.96. The van der Waals surface area contributed by atoms with E-state index < -0.39 is 10.0 Å². The summed E-state index contributed by atoms with van der Waals surface area (Å²) in [5, 5.41) is 0. The molecule has 2 aliphatic heterocycles. The lowest BCUT2D eigenvalue weighted by atomic mass is 10.00. The molecule has 2 heterocycles. The molecule has 0 aliphatic carbocycles. The number of hydrogen-bond acceptors (Lipinski definition) is 4. The molecule has 140 valence electrons. The summed E-state index contributed by atoms with van der Waals surface area (Å²) in [6.45, 7) is 4.48. The Morgan fingerprint density at radius 3 is 2.64 bits per heavy atom. The van der Waals surface area contributed by atoms with E-state index in [9.17, 15) is 13.2 Å². The number of benzene rings is 1. The smallest absolute Gasteiger partial charge is 0.243 e. The Morgan fingerprint density at radius 2 is 2.00 bits per heavy atom. The minimum Gasteiger partial charge on any atom is -0.326 e. The number of carbonyl (C=O) groups excluding carboxylic acids is 1. The number of fused-ring (bicyclic) bond motifs is 1. The van der Waals surface area contributed by atoms with Crippen molar-refractivity contribution in [2.75, 3.05) is 18.0 Å². The van der Waals surface area contributed by atoms with Crippen LogP contribution in [-0.4, -0.2) is 43.8 Å². The third-order valence-electron chi connectivity index (χ3n) is 5.04. The van der Waals surface area contributed by atoms with Crippen LogP contribution in [0.2, 0.25) is 0 Å². The molecular weight excluding hydrogens is 362 g/mol. The van der Waals surface area contributed by atoms with Gasteiger partial charge in [0.05, 0.1) is 4.90 Å². The van der Waals surface area contributed by atoms with Gasteiger partial charge in [0.1, 0.15) is 0 Å². The van der Waals surface area contributed by atoms with Crippen LogP contribution < -0.4 is 10.6 Å². The molecular formula is C17H26ClN3O3S. The first kappa shape index (κ1) is 20.2. The van der Waals surface area contributed by atoms with Crippen LogP contribution in [0.25, 0.3) is 0 Å². The van der Waals surface area contributed by atoms with E-state index >= 15 is 0 Å². The summed E-state index contributed by atoms with van der Waals surface area (Å²) in [4.78, 5) is 13.7. The number of anilines is 1. The van der Waals surface area contributed by atoms with Gasteiger partial charge in [0.25, 0.3) is 0 Å². The Bertz CT molecular complexity index is 752. The molecule has 1 aromatic carbocycles. The van der Waals surface area contributed by atoms with Crippen LogP contribution in [0.4, 0.5) is 5.69 Å². The second-order valence-corrected chi connectivity index (χ2v) is 8.64. The fourth-order valence-electron chi connectivity index (χ4n) is 3.74. The van der Waals surface area contributed by atoms with Gasteiger partial charge in [-0.3, -0.25) is 4.79 Å². The quantitative estimate of drug-likeness (QED) is 0.858. The van der Waals surface area contributed by atoms with E-state index in [2.05, 4.69) is 0 Å². The van der Waals surface area contributed by atoms with E-state index in [1.54, 1.807) is 21.3 Å². The Kier molecular flexibility index (Phi) is 6.14. The molecule has 1 fully saturated rings. The molecule has 0 radical (unpaired) electrons. The molecule has 6 nitrogen and oxygen atoms in total. The predicted octanol–water partition coefficient (Wildman–Crippen LogP) is 1.91. The average Bonchev–Trinajstić information content (AvgIpc) is 2.98. The molecule has 1 amide bonds. The first-order valence-corrected chi connectivity index (χ1v) is 9.95. The highest BCUT2D eigenvalue weighted by atomic mass is 35.5. The Hall–Kier alpha value is -1.15. The van der Waals surface area contributed by atoms with Gasteiger partial charge in [-0.1, -0.05) is 12.5 Å². The number of nitrogens with two attached hydrogens (primary N) is 1. The van der Waals surface area contributed by atoms with Gasteiger partial charge in [-0.2, -0.15) is 4.31 Å². The molecule has 8 heteroatoms. The highest BCUT2D eigenvalue weighted by molar-refractivity contribution is 7.89. The summed E-state index contributed by atoms with van der Waals surface area (Å²) in [6, 6.07) is 4.76. The lowest BCUT2D eigenvalue weighted by molar-refractivity contribution is -0.116. The van der Waals surface area contributed by atoms with Gasteiger partial charge in [-0.05, 0) is 43.9 Å². The topological polar surface area (TPSA) is 83.7 Å². The number of carbonyl (C=O) groups is 1. The van der Waals surface area contributed by atoms with Crippen molar-refractivity contribution in [2.45, 2.75) is 56.5 Å². The third kappa shape index (κ3) is 3.69. The van der Waals surface area contributed by atoms with Crippen molar-refractivity contribution in [3.05, 3.63) is 23.8 Å². The summed E-state index contributed by atoms with van der Waals surface area (Å²) in [7, 11) is -3.61. The number of halogens is 1. The average molecular weight is 388 g/mol. The van der Waals surface area contributed by atoms with Gasteiger partial charge in [0.2, 0.25) is 15.9 Å². The normalized spacial score (nSPS) is 22.2. The van der Waals surface area contributed by atoms with E-state index in [0.717, 1.165) is 36.9 Å². The van der Waals surface area contributed by atoms with Crippen LogP contribution in [0.1, 0.15) is 38.7 Å². The fraction of sp³-hybridized carbons (Fsp3) is 0.588. The van der Waals surface area contributed by atoms with Crippen LogP contribution >= 0.6 is 12.4 Å². The lowest BCUT2D eigenvalue weighted by Gasteiger charge is -2.37. The van der Waals surface area contributed by atoms with Crippen molar-refractivity contribution >= 4 is 34.0 Å². The number of nitrogens with zero attached hydrogens (tertiary/aromatic N) is 2.